The molecule has 2 aromatic rings. The van der Waals surface area contributed by atoms with Crippen molar-refractivity contribution >= 4 is 58.2 Å². The summed E-state index contributed by atoms with van der Waals surface area (Å²) in [5.41, 5.74) is 0.317. The molecule has 9 heteroatoms. The van der Waals surface area contributed by atoms with E-state index in [1.165, 1.54) is 12.1 Å². The predicted octanol–water partition coefficient (Wildman–Crippen LogP) is 7.33. The Bertz CT molecular complexity index is 867. The van der Waals surface area contributed by atoms with Crippen molar-refractivity contribution in [1.29, 1.82) is 0 Å². The molecule has 0 aliphatic rings. The minimum atomic E-state index is -4.62. The van der Waals surface area contributed by atoms with Crippen molar-refractivity contribution in [3.05, 3.63) is 50.5 Å². The van der Waals surface area contributed by atoms with Crippen molar-refractivity contribution in [1.82, 2.24) is 4.90 Å². The molecule has 2 rings (SSSR count). The van der Waals surface area contributed by atoms with Crippen LogP contribution in [-0.4, -0.2) is 24.8 Å². The zero-order chi connectivity index (χ0) is 20.4. The number of nitrogens with zero attached hydrogens (tertiary/aromatic N) is 2. The number of aliphatic imine (C=N–C) groups is 1. The molecule has 2 aromatic carbocycles. The molecule has 146 valence electrons. The molecule has 0 fully saturated rings. The molecule has 0 saturated carbocycles. The predicted molar refractivity (Wildman–Crippen MR) is 107 cm³/mol. The molecule has 0 atom stereocenters. The van der Waals surface area contributed by atoms with Crippen molar-refractivity contribution in [3.63, 3.8) is 0 Å². The van der Waals surface area contributed by atoms with Gasteiger partial charge in [0, 0.05) is 24.3 Å². The van der Waals surface area contributed by atoms with E-state index in [0.717, 1.165) is 12.6 Å². The number of hydrogen-bond acceptors (Lipinski definition) is 2. The SMILES string of the molecule is CCN(C)C=Nc1cc(C)c(Nc2c(Cl)cc(Cl)cc2C(F)(F)F)cc1Cl. The summed E-state index contributed by atoms with van der Waals surface area (Å²) in [6, 6.07) is 5.27. The van der Waals surface area contributed by atoms with Gasteiger partial charge in [0.2, 0.25) is 0 Å². The van der Waals surface area contributed by atoms with E-state index in [9.17, 15) is 13.2 Å². The summed E-state index contributed by atoms with van der Waals surface area (Å²) in [5, 5.41) is 2.78. The summed E-state index contributed by atoms with van der Waals surface area (Å²) < 4.78 is 40.1. The lowest BCUT2D eigenvalue weighted by Crippen LogP contribution is -2.14. The van der Waals surface area contributed by atoms with Crippen LogP contribution in [0.1, 0.15) is 18.1 Å². The van der Waals surface area contributed by atoms with Crippen LogP contribution in [0, 0.1) is 6.92 Å². The van der Waals surface area contributed by atoms with Crippen molar-refractivity contribution in [3.8, 4) is 0 Å². The molecule has 0 unspecified atom stereocenters. The minimum Gasteiger partial charge on any atom is -0.366 e. The molecule has 0 heterocycles. The molecule has 0 amide bonds. The molecule has 0 radical (unpaired) electrons. The highest BCUT2D eigenvalue weighted by Crippen LogP contribution is 2.43. The number of hydrogen-bond donors (Lipinski definition) is 1. The first-order valence-electron chi connectivity index (χ1n) is 7.90. The first-order chi connectivity index (χ1) is 12.5. The second kappa shape index (κ2) is 8.59. The fourth-order valence-corrected chi connectivity index (χ4v) is 2.95. The summed E-state index contributed by atoms with van der Waals surface area (Å²) in [6.45, 7) is 4.48. The van der Waals surface area contributed by atoms with Crippen molar-refractivity contribution in [2.75, 3.05) is 18.9 Å². The summed E-state index contributed by atoms with van der Waals surface area (Å²) in [6.07, 6.45) is -2.99. The Kier molecular flexibility index (Phi) is 6.89. The second-order valence-corrected chi connectivity index (χ2v) is 7.12. The number of nitrogens with one attached hydrogen (secondary N) is 1. The van der Waals surface area contributed by atoms with Crippen LogP contribution in [0.15, 0.2) is 29.3 Å². The van der Waals surface area contributed by atoms with Gasteiger partial charge in [0.15, 0.2) is 0 Å². The van der Waals surface area contributed by atoms with Gasteiger partial charge in [-0.2, -0.15) is 13.2 Å². The third-order valence-electron chi connectivity index (χ3n) is 3.81. The highest BCUT2D eigenvalue weighted by molar-refractivity contribution is 6.37. The zero-order valence-electron chi connectivity index (χ0n) is 14.8. The van der Waals surface area contributed by atoms with Crippen LogP contribution in [0.5, 0.6) is 0 Å². The van der Waals surface area contributed by atoms with Crippen LogP contribution in [0.25, 0.3) is 0 Å². The van der Waals surface area contributed by atoms with Crippen LogP contribution in [0.3, 0.4) is 0 Å². The fraction of sp³-hybridized carbons (Fsp3) is 0.278. The van der Waals surface area contributed by atoms with E-state index in [2.05, 4.69) is 10.3 Å². The van der Waals surface area contributed by atoms with E-state index in [1.807, 2.05) is 18.9 Å². The molecule has 0 aliphatic carbocycles. The Morgan fingerprint density at radius 1 is 1.11 bits per heavy atom. The molecular weight excluding hydrogens is 422 g/mol. The molecule has 0 aromatic heterocycles. The maximum Gasteiger partial charge on any atom is 0.418 e. The Hall–Kier alpha value is -1.63. The minimum absolute atomic E-state index is 0.0997. The Balaban J connectivity index is 2.45. The molecule has 0 aliphatic heterocycles. The average molecular weight is 439 g/mol. The summed E-state index contributed by atoms with van der Waals surface area (Å²) in [4.78, 5) is 6.15. The standard InChI is InChI=1S/C18H17Cl3F3N3/c1-4-27(3)9-25-16-5-10(2)15(8-13(16)20)26-17-12(18(22,23)24)6-11(19)7-14(17)21/h5-9,26H,4H2,1-3H3. The van der Waals surface area contributed by atoms with Crippen LogP contribution < -0.4 is 5.32 Å². The fourth-order valence-electron chi connectivity index (χ4n) is 2.20. The van der Waals surface area contributed by atoms with Crippen molar-refractivity contribution < 1.29 is 13.2 Å². The summed E-state index contributed by atoms with van der Waals surface area (Å²) in [5.74, 6) is 0. The Labute approximate surface area is 170 Å². The number of alkyl halides is 3. The van der Waals surface area contributed by atoms with Gasteiger partial charge in [0.1, 0.15) is 0 Å². The van der Waals surface area contributed by atoms with E-state index in [-0.39, 0.29) is 15.7 Å². The first kappa shape index (κ1) is 21.7. The molecule has 0 spiro atoms. The lowest BCUT2D eigenvalue weighted by atomic mass is 10.1. The van der Waals surface area contributed by atoms with Gasteiger partial charge < -0.3 is 10.2 Å². The highest BCUT2D eigenvalue weighted by atomic mass is 35.5. The quantitative estimate of drug-likeness (QED) is 0.391. The van der Waals surface area contributed by atoms with Gasteiger partial charge in [-0.15, -0.1) is 0 Å². The molecule has 1 N–H and O–H groups in total. The van der Waals surface area contributed by atoms with Gasteiger partial charge in [0.05, 0.1) is 33.3 Å². The molecule has 3 nitrogen and oxygen atoms in total. The maximum atomic E-state index is 13.4. The first-order valence-corrected chi connectivity index (χ1v) is 9.04. The topological polar surface area (TPSA) is 27.6 Å². The van der Waals surface area contributed by atoms with Crippen LogP contribution in [-0.2, 0) is 6.18 Å². The van der Waals surface area contributed by atoms with Crippen molar-refractivity contribution in [2.45, 2.75) is 20.0 Å². The summed E-state index contributed by atoms with van der Waals surface area (Å²) in [7, 11) is 1.86. The van der Waals surface area contributed by atoms with E-state index in [1.54, 1.807) is 19.3 Å². The van der Waals surface area contributed by atoms with Gasteiger partial charge in [-0.05, 0) is 43.7 Å². The molecule has 27 heavy (non-hydrogen) atoms. The second-order valence-electron chi connectivity index (χ2n) is 5.87. The number of halogens is 6. The van der Waals surface area contributed by atoms with Crippen LogP contribution in [0.2, 0.25) is 15.1 Å². The van der Waals surface area contributed by atoms with Gasteiger partial charge in [0.25, 0.3) is 0 Å². The molecule has 0 saturated heterocycles. The van der Waals surface area contributed by atoms with E-state index >= 15 is 0 Å². The van der Waals surface area contributed by atoms with Crippen molar-refractivity contribution in [2.24, 2.45) is 4.99 Å². The number of benzene rings is 2. The smallest absolute Gasteiger partial charge is 0.366 e. The van der Waals surface area contributed by atoms with Crippen LogP contribution >= 0.6 is 34.8 Å². The average Bonchev–Trinajstić information content (AvgIpc) is 2.57. The van der Waals surface area contributed by atoms with Crippen LogP contribution in [0.4, 0.5) is 30.2 Å². The van der Waals surface area contributed by atoms with E-state index in [4.69, 9.17) is 34.8 Å². The zero-order valence-corrected chi connectivity index (χ0v) is 17.0. The third kappa shape index (κ3) is 5.43. The monoisotopic (exact) mass is 437 g/mol. The van der Waals surface area contributed by atoms with E-state index < -0.39 is 11.7 Å². The molecule has 0 bridgehead atoms. The number of anilines is 2. The Morgan fingerprint density at radius 2 is 1.78 bits per heavy atom. The normalized spacial score (nSPS) is 11.9. The summed E-state index contributed by atoms with van der Waals surface area (Å²) >= 11 is 18.0. The third-order valence-corrected chi connectivity index (χ3v) is 4.63. The van der Waals surface area contributed by atoms with Gasteiger partial charge >= 0.3 is 6.18 Å². The van der Waals surface area contributed by atoms with Gasteiger partial charge in [-0.3, -0.25) is 0 Å². The molecular formula is C18H17Cl3F3N3. The maximum absolute atomic E-state index is 13.4. The highest BCUT2D eigenvalue weighted by Gasteiger charge is 2.35. The number of aryl methyl sites for hydroxylation is 1. The van der Waals surface area contributed by atoms with E-state index in [0.29, 0.717) is 22.0 Å². The van der Waals surface area contributed by atoms with Gasteiger partial charge in [-0.25, -0.2) is 4.99 Å². The van der Waals surface area contributed by atoms with Gasteiger partial charge in [-0.1, -0.05) is 34.8 Å². The Morgan fingerprint density at radius 3 is 2.37 bits per heavy atom. The largest absolute Gasteiger partial charge is 0.418 e. The lowest BCUT2D eigenvalue weighted by Gasteiger charge is -2.18. The lowest BCUT2D eigenvalue weighted by molar-refractivity contribution is -0.136. The number of rotatable bonds is 5.